The highest BCUT2D eigenvalue weighted by Crippen LogP contribution is 2.55. The normalized spacial score (nSPS) is 13.3. The average Bonchev–Trinajstić information content (AvgIpc) is 3.56. The highest BCUT2D eigenvalue weighted by atomic mass is 15.1. The largest absolute Gasteiger partial charge is 0.310 e. The van der Waals surface area contributed by atoms with Crippen LogP contribution in [0.4, 0.5) is 17.1 Å². The summed E-state index contributed by atoms with van der Waals surface area (Å²) in [6.45, 7) is 13.6. The van der Waals surface area contributed by atoms with Crippen LogP contribution in [-0.4, -0.2) is 4.57 Å². The number of anilines is 3. The predicted molar refractivity (Wildman–Crippen MR) is 209 cm³/mol. The Kier molecular flexibility index (Phi) is 6.45. The molecule has 1 aliphatic rings. The van der Waals surface area contributed by atoms with Gasteiger partial charge in [-0.1, -0.05) is 92.7 Å². The van der Waals surface area contributed by atoms with Gasteiger partial charge in [0.2, 0.25) is 0 Å². The molecular weight excluding hydrogens is 593 g/mol. The first-order chi connectivity index (χ1) is 23.7. The predicted octanol–water partition coefficient (Wildman–Crippen LogP) is 12.9. The minimum Gasteiger partial charge on any atom is -0.310 e. The Hall–Kier alpha value is -5.60. The lowest BCUT2D eigenvalue weighted by Gasteiger charge is -2.30. The molecule has 49 heavy (non-hydrogen) atoms. The molecule has 238 valence electrons. The van der Waals surface area contributed by atoms with E-state index in [9.17, 15) is 0 Å². The molecule has 0 unspecified atom stereocenters. The van der Waals surface area contributed by atoms with E-state index in [4.69, 9.17) is 0 Å². The first-order valence-electron chi connectivity index (χ1n) is 17.4. The van der Waals surface area contributed by atoms with E-state index in [1.165, 1.54) is 99.8 Å². The number of hydrogen-bond donors (Lipinski definition) is 0. The molecule has 0 saturated carbocycles. The van der Waals surface area contributed by atoms with Crippen molar-refractivity contribution in [1.29, 1.82) is 0 Å². The second-order valence-corrected chi connectivity index (χ2v) is 14.5. The van der Waals surface area contributed by atoms with Gasteiger partial charge in [0.1, 0.15) is 0 Å². The summed E-state index contributed by atoms with van der Waals surface area (Å²) >= 11 is 0. The number of fused-ring (bicyclic) bond motifs is 8. The van der Waals surface area contributed by atoms with Crippen molar-refractivity contribution in [2.24, 2.45) is 0 Å². The highest BCUT2D eigenvalue weighted by molar-refractivity contribution is 6.11. The molecule has 9 rings (SSSR count). The van der Waals surface area contributed by atoms with Gasteiger partial charge in [-0.25, -0.2) is 0 Å². The maximum Gasteiger partial charge on any atom is 0.0543 e. The standard InChI is InChI=1S/C47H40N2/c1-29-19-21-33(25-31(29)3)48(34-22-20-30(2)32(4)26-34)45-28-42-46(39-16-8-7-15-38(39)45)40-24-23-35(27-41(40)47(42,5)6)49-43-17-11-9-13-36(43)37-14-10-12-18-44(37)49/h7-28H,1-6H3. The van der Waals surface area contributed by atoms with Crippen LogP contribution in [0.2, 0.25) is 0 Å². The molecule has 1 aliphatic carbocycles. The molecule has 1 aromatic heterocycles. The molecule has 0 fully saturated rings. The minimum absolute atomic E-state index is 0.212. The fourth-order valence-electron chi connectivity index (χ4n) is 8.23. The van der Waals surface area contributed by atoms with Crippen molar-refractivity contribution in [2.45, 2.75) is 47.0 Å². The molecule has 0 amide bonds. The zero-order valence-electron chi connectivity index (χ0n) is 29.1. The fraction of sp³-hybridized carbons (Fsp3) is 0.149. The van der Waals surface area contributed by atoms with E-state index in [0.29, 0.717) is 0 Å². The Morgan fingerprint density at radius 1 is 0.469 bits per heavy atom. The van der Waals surface area contributed by atoms with Gasteiger partial charge in [0, 0.05) is 38.6 Å². The molecule has 0 spiro atoms. The van der Waals surface area contributed by atoms with Crippen LogP contribution in [-0.2, 0) is 5.41 Å². The quantitative estimate of drug-likeness (QED) is 0.187. The van der Waals surface area contributed by atoms with Crippen LogP contribution in [0, 0.1) is 27.7 Å². The van der Waals surface area contributed by atoms with Crippen LogP contribution in [0.15, 0.2) is 133 Å². The Bertz CT molecular complexity index is 2530. The van der Waals surface area contributed by atoms with Gasteiger partial charge in [0.15, 0.2) is 0 Å². The molecule has 7 aromatic carbocycles. The van der Waals surface area contributed by atoms with E-state index in [1.807, 2.05) is 0 Å². The first-order valence-corrected chi connectivity index (χ1v) is 17.4. The van der Waals surface area contributed by atoms with Gasteiger partial charge < -0.3 is 9.47 Å². The number of para-hydroxylation sites is 2. The van der Waals surface area contributed by atoms with E-state index in [0.717, 1.165) is 0 Å². The van der Waals surface area contributed by atoms with Crippen LogP contribution in [0.3, 0.4) is 0 Å². The van der Waals surface area contributed by atoms with Gasteiger partial charge >= 0.3 is 0 Å². The number of aromatic nitrogens is 1. The van der Waals surface area contributed by atoms with Gasteiger partial charge in [0.05, 0.1) is 16.7 Å². The van der Waals surface area contributed by atoms with Crippen molar-refractivity contribution in [3.8, 4) is 16.8 Å². The average molecular weight is 633 g/mol. The smallest absolute Gasteiger partial charge is 0.0543 e. The van der Waals surface area contributed by atoms with Crippen LogP contribution in [0.1, 0.15) is 47.2 Å². The summed E-state index contributed by atoms with van der Waals surface area (Å²) in [5, 5.41) is 5.13. The Labute approximate surface area is 288 Å². The van der Waals surface area contributed by atoms with E-state index in [-0.39, 0.29) is 5.41 Å². The maximum absolute atomic E-state index is 2.49. The Morgan fingerprint density at radius 3 is 1.57 bits per heavy atom. The van der Waals surface area contributed by atoms with Crippen molar-refractivity contribution in [1.82, 2.24) is 4.57 Å². The van der Waals surface area contributed by atoms with Crippen molar-refractivity contribution in [3.05, 3.63) is 167 Å². The summed E-state index contributed by atoms with van der Waals surface area (Å²) < 4.78 is 2.44. The zero-order valence-corrected chi connectivity index (χ0v) is 29.1. The Morgan fingerprint density at radius 2 is 1.00 bits per heavy atom. The van der Waals surface area contributed by atoms with Crippen LogP contribution in [0.25, 0.3) is 49.4 Å². The molecule has 0 bridgehead atoms. The molecule has 8 aromatic rings. The second kappa shape index (κ2) is 10.7. The third kappa shape index (κ3) is 4.33. The van der Waals surface area contributed by atoms with Crippen molar-refractivity contribution < 1.29 is 0 Å². The molecule has 1 heterocycles. The Balaban J connectivity index is 1.30. The van der Waals surface area contributed by atoms with E-state index in [1.54, 1.807) is 0 Å². The number of nitrogens with zero attached hydrogens (tertiary/aromatic N) is 2. The maximum atomic E-state index is 2.49. The summed E-state index contributed by atoms with van der Waals surface area (Å²) in [7, 11) is 0. The molecule has 0 atom stereocenters. The molecule has 2 heteroatoms. The van der Waals surface area contributed by atoms with Crippen molar-refractivity contribution in [2.75, 3.05) is 4.90 Å². The molecular formula is C47H40N2. The first kappa shape index (κ1) is 29.5. The molecule has 0 N–H and O–H groups in total. The van der Waals surface area contributed by atoms with Crippen molar-refractivity contribution in [3.63, 3.8) is 0 Å². The molecule has 2 nitrogen and oxygen atoms in total. The highest BCUT2D eigenvalue weighted by Gasteiger charge is 2.38. The summed E-state index contributed by atoms with van der Waals surface area (Å²) in [4.78, 5) is 2.48. The van der Waals surface area contributed by atoms with Crippen LogP contribution < -0.4 is 4.90 Å². The molecule has 0 saturated heterocycles. The van der Waals surface area contributed by atoms with Crippen molar-refractivity contribution >= 4 is 49.6 Å². The third-order valence-corrected chi connectivity index (χ3v) is 11.2. The van der Waals surface area contributed by atoms with Gasteiger partial charge in [-0.05, 0) is 132 Å². The van der Waals surface area contributed by atoms with Gasteiger partial charge in [-0.15, -0.1) is 0 Å². The molecule has 0 aliphatic heterocycles. The monoisotopic (exact) mass is 632 g/mol. The second-order valence-electron chi connectivity index (χ2n) is 14.5. The zero-order chi connectivity index (χ0) is 33.6. The number of aryl methyl sites for hydroxylation is 4. The summed E-state index contributed by atoms with van der Waals surface area (Å²) in [6.07, 6.45) is 0. The SMILES string of the molecule is Cc1ccc(N(c2ccc(C)c(C)c2)c2cc3c(c4ccccc24)-c2ccc(-n4c5ccccc5c5ccccc54)cc2C3(C)C)cc1C. The minimum atomic E-state index is -0.212. The molecule has 0 radical (unpaired) electrons. The number of rotatable bonds is 4. The third-order valence-electron chi connectivity index (χ3n) is 11.2. The van der Waals surface area contributed by atoms with E-state index >= 15 is 0 Å². The lowest BCUT2D eigenvalue weighted by molar-refractivity contribution is 0.660. The van der Waals surface area contributed by atoms with E-state index < -0.39 is 0 Å². The topological polar surface area (TPSA) is 8.17 Å². The summed E-state index contributed by atoms with van der Waals surface area (Å²) in [6, 6.07) is 49.9. The van der Waals surface area contributed by atoms with Gasteiger partial charge in [0.25, 0.3) is 0 Å². The van der Waals surface area contributed by atoms with Crippen LogP contribution >= 0.6 is 0 Å². The number of benzene rings is 7. The lowest BCUT2D eigenvalue weighted by atomic mass is 9.81. The lowest BCUT2D eigenvalue weighted by Crippen LogP contribution is -2.17. The number of hydrogen-bond acceptors (Lipinski definition) is 1. The summed E-state index contributed by atoms with van der Waals surface area (Å²) in [5.74, 6) is 0. The van der Waals surface area contributed by atoms with Crippen LogP contribution in [0.5, 0.6) is 0 Å². The summed E-state index contributed by atoms with van der Waals surface area (Å²) in [5.41, 5.74) is 17.7. The van der Waals surface area contributed by atoms with Gasteiger partial charge in [-0.3, -0.25) is 0 Å². The van der Waals surface area contributed by atoms with E-state index in [2.05, 4.69) is 184 Å². The van der Waals surface area contributed by atoms with Gasteiger partial charge in [-0.2, -0.15) is 0 Å². The fourth-order valence-corrected chi connectivity index (χ4v) is 8.23.